The van der Waals surface area contributed by atoms with Crippen LogP contribution in [-0.4, -0.2) is 35.3 Å². The Hall–Kier alpha value is -1.98. The van der Waals surface area contributed by atoms with Crippen molar-refractivity contribution in [2.45, 2.75) is 31.7 Å². The second-order valence-corrected chi connectivity index (χ2v) is 6.43. The number of halogens is 2. The van der Waals surface area contributed by atoms with Crippen LogP contribution in [0.1, 0.15) is 31.7 Å². The third-order valence-corrected chi connectivity index (χ3v) is 4.60. The van der Waals surface area contributed by atoms with Gasteiger partial charge in [-0.15, -0.1) is 0 Å². The van der Waals surface area contributed by atoms with Crippen molar-refractivity contribution in [3.05, 3.63) is 35.4 Å². The zero-order chi connectivity index (χ0) is 16.1. The van der Waals surface area contributed by atoms with E-state index in [0.717, 1.165) is 12.1 Å². The molecule has 22 heavy (non-hydrogen) atoms. The van der Waals surface area contributed by atoms with E-state index in [0.29, 0.717) is 25.1 Å². The lowest BCUT2D eigenvalue weighted by Gasteiger charge is -2.41. The maximum absolute atomic E-state index is 13.3. The first kappa shape index (κ1) is 14.9. The summed E-state index contributed by atoms with van der Waals surface area (Å²) in [6, 6.07) is 3.76. The highest BCUT2D eigenvalue weighted by Gasteiger charge is 2.50. The first-order valence-electron chi connectivity index (χ1n) is 7.37. The molecule has 1 saturated heterocycles. The van der Waals surface area contributed by atoms with Gasteiger partial charge >= 0.3 is 0 Å². The largest absolute Gasteiger partial charge is 0.352 e. The summed E-state index contributed by atoms with van der Waals surface area (Å²) in [4.78, 5) is 26.1. The minimum atomic E-state index is -0.895. The van der Waals surface area contributed by atoms with Crippen molar-refractivity contribution in [2.75, 3.05) is 13.1 Å². The fourth-order valence-corrected chi connectivity index (χ4v) is 3.06. The number of hydrogen-bond acceptors (Lipinski definition) is 2. The summed E-state index contributed by atoms with van der Waals surface area (Å²) in [7, 11) is 0. The van der Waals surface area contributed by atoms with Crippen LogP contribution in [0.15, 0.2) is 18.2 Å². The molecule has 4 nitrogen and oxygen atoms in total. The third kappa shape index (κ3) is 2.36. The summed E-state index contributed by atoms with van der Waals surface area (Å²) in [5, 5.41) is 2.75. The van der Waals surface area contributed by atoms with Crippen molar-refractivity contribution in [1.29, 1.82) is 0 Å². The lowest BCUT2D eigenvalue weighted by atomic mass is 9.97. The molecule has 118 valence electrons. The molecular formula is C16H18F2N2O2. The highest BCUT2D eigenvalue weighted by molar-refractivity contribution is 5.93. The summed E-state index contributed by atoms with van der Waals surface area (Å²) < 4.78 is 26.3. The number of nitrogens with one attached hydrogen (secondary N) is 1. The smallest absolute Gasteiger partial charge is 0.245 e. The Bertz CT molecular complexity index is 645. The molecule has 2 fully saturated rings. The van der Waals surface area contributed by atoms with Crippen LogP contribution in [0.3, 0.4) is 0 Å². The summed E-state index contributed by atoms with van der Waals surface area (Å²) in [6.45, 7) is 4.35. The zero-order valence-corrected chi connectivity index (χ0v) is 12.5. The molecule has 0 aromatic heterocycles. The predicted molar refractivity (Wildman–Crippen MR) is 76.0 cm³/mol. The van der Waals surface area contributed by atoms with Gasteiger partial charge in [-0.25, -0.2) is 8.78 Å². The Morgan fingerprint density at radius 1 is 1.32 bits per heavy atom. The van der Waals surface area contributed by atoms with Gasteiger partial charge in [-0.2, -0.15) is 0 Å². The van der Waals surface area contributed by atoms with E-state index >= 15 is 0 Å². The summed E-state index contributed by atoms with van der Waals surface area (Å²) in [5.41, 5.74) is -0.243. The number of rotatable bonds is 2. The fourth-order valence-electron chi connectivity index (χ4n) is 3.06. The van der Waals surface area contributed by atoms with Gasteiger partial charge in [0.2, 0.25) is 11.8 Å². The predicted octanol–water partition coefficient (Wildman–Crippen LogP) is 1.81. The maximum atomic E-state index is 13.3. The number of carbonyl (C=O) groups is 2. The number of nitrogens with zero attached hydrogens (tertiary/aromatic N) is 1. The van der Waals surface area contributed by atoms with Gasteiger partial charge in [0, 0.05) is 19.0 Å². The van der Waals surface area contributed by atoms with Crippen LogP contribution < -0.4 is 5.32 Å². The molecule has 2 atom stereocenters. The van der Waals surface area contributed by atoms with E-state index in [4.69, 9.17) is 0 Å². The van der Waals surface area contributed by atoms with E-state index < -0.39 is 17.2 Å². The van der Waals surface area contributed by atoms with E-state index in [9.17, 15) is 18.4 Å². The van der Waals surface area contributed by atoms with Gasteiger partial charge in [0.05, 0.1) is 0 Å². The molecule has 0 spiro atoms. The molecule has 1 aromatic rings. The molecule has 6 heteroatoms. The van der Waals surface area contributed by atoms with Crippen molar-refractivity contribution in [2.24, 2.45) is 5.92 Å². The SMILES string of the molecule is CC1(C)C(=O)NCCN1C(=O)C1CC1c1ccc(F)c(F)c1. The number of carbonyl (C=O) groups excluding carboxylic acids is 2. The molecular weight excluding hydrogens is 290 g/mol. The van der Waals surface area contributed by atoms with Crippen LogP contribution >= 0.6 is 0 Å². The van der Waals surface area contributed by atoms with Crippen molar-refractivity contribution in [3.63, 3.8) is 0 Å². The zero-order valence-electron chi connectivity index (χ0n) is 12.5. The molecule has 2 aliphatic rings. The molecule has 3 rings (SSSR count). The number of amides is 2. The van der Waals surface area contributed by atoms with Crippen molar-refractivity contribution >= 4 is 11.8 Å². The molecule has 1 N–H and O–H groups in total. The molecule has 0 radical (unpaired) electrons. The van der Waals surface area contributed by atoms with Crippen LogP contribution in [0.25, 0.3) is 0 Å². The Labute approximate surface area is 127 Å². The van der Waals surface area contributed by atoms with Gasteiger partial charge < -0.3 is 10.2 Å². The Morgan fingerprint density at radius 3 is 2.73 bits per heavy atom. The second kappa shape index (κ2) is 5.04. The first-order chi connectivity index (χ1) is 10.3. The molecule has 1 heterocycles. The van der Waals surface area contributed by atoms with Crippen LogP contribution in [0.2, 0.25) is 0 Å². The van der Waals surface area contributed by atoms with Crippen LogP contribution in [0.4, 0.5) is 8.78 Å². The van der Waals surface area contributed by atoms with Crippen molar-refractivity contribution < 1.29 is 18.4 Å². The number of benzene rings is 1. The van der Waals surface area contributed by atoms with Crippen LogP contribution in [0, 0.1) is 17.6 Å². The third-order valence-electron chi connectivity index (χ3n) is 4.60. The second-order valence-electron chi connectivity index (χ2n) is 6.43. The highest BCUT2D eigenvalue weighted by Crippen LogP contribution is 2.49. The van der Waals surface area contributed by atoms with Gasteiger partial charge in [-0.3, -0.25) is 9.59 Å². The summed E-state index contributed by atoms with van der Waals surface area (Å²) >= 11 is 0. The molecule has 0 bridgehead atoms. The van der Waals surface area contributed by atoms with E-state index in [1.54, 1.807) is 18.7 Å². The monoisotopic (exact) mass is 308 g/mol. The average molecular weight is 308 g/mol. The normalized spacial score (nSPS) is 26.5. The minimum absolute atomic E-state index is 0.0883. The lowest BCUT2D eigenvalue weighted by Crippen LogP contribution is -2.63. The number of hydrogen-bond donors (Lipinski definition) is 1. The summed E-state index contributed by atoms with van der Waals surface area (Å²) in [5.74, 6) is -2.39. The quantitative estimate of drug-likeness (QED) is 0.906. The van der Waals surface area contributed by atoms with Crippen LogP contribution in [-0.2, 0) is 9.59 Å². The molecule has 2 unspecified atom stereocenters. The van der Waals surface area contributed by atoms with E-state index in [2.05, 4.69) is 5.32 Å². The van der Waals surface area contributed by atoms with Crippen molar-refractivity contribution in [3.8, 4) is 0 Å². The Kier molecular flexibility index (Phi) is 3.42. The van der Waals surface area contributed by atoms with E-state index in [1.807, 2.05) is 0 Å². The van der Waals surface area contributed by atoms with Gasteiger partial charge in [-0.05, 0) is 43.9 Å². The topological polar surface area (TPSA) is 49.4 Å². The molecule has 1 aliphatic heterocycles. The molecule has 2 amide bonds. The molecule has 1 saturated carbocycles. The van der Waals surface area contributed by atoms with Crippen molar-refractivity contribution in [1.82, 2.24) is 10.2 Å². The average Bonchev–Trinajstić information content (AvgIpc) is 3.24. The number of piperazine rings is 1. The molecule has 1 aliphatic carbocycles. The van der Waals surface area contributed by atoms with Gasteiger partial charge in [0.25, 0.3) is 0 Å². The maximum Gasteiger partial charge on any atom is 0.245 e. The Morgan fingerprint density at radius 2 is 2.05 bits per heavy atom. The van der Waals surface area contributed by atoms with Gasteiger partial charge in [0.15, 0.2) is 11.6 Å². The van der Waals surface area contributed by atoms with Gasteiger partial charge in [-0.1, -0.05) is 6.07 Å². The summed E-state index contributed by atoms with van der Waals surface area (Å²) in [6.07, 6.45) is 0.609. The fraction of sp³-hybridized carbons (Fsp3) is 0.500. The van der Waals surface area contributed by atoms with E-state index in [1.165, 1.54) is 6.07 Å². The highest BCUT2D eigenvalue weighted by atomic mass is 19.2. The molecule has 1 aromatic carbocycles. The first-order valence-corrected chi connectivity index (χ1v) is 7.37. The lowest BCUT2D eigenvalue weighted by molar-refractivity contribution is -0.150. The van der Waals surface area contributed by atoms with Gasteiger partial charge in [0.1, 0.15) is 5.54 Å². The van der Waals surface area contributed by atoms with E-state index in [-0.39, 0.29) is 23.7 Å². The minimum Gasteiger partial charge on any atom is -0.352 e. The Balaban J connectivity index is 1.75. The standard InChI is InChI=1S/C16H18F2N2O2/c1-16(2)15(22)19-5-6-20(16)14(21)11-8-10(11)9-3-4-12(17)13(18)7-9/h3-4,7,10-11H,5-6,8H2,1-2H3,(H,19,22). The van der Waals surface area contributed by atoms with Crippen LogP contribution in [0.5, 0.6) is 0 Å².